The summed E-state index contributed by atoms with van der Waals surface area (Å²) < 4.78 is 1.75. The van der Waals surface area contributed by atoms with E-state index >= 15 is 0 Å². The highest BCUT2D eigenvalue weighted by Crippen LogP contribution is 2.30. The quantitative estimate of drug-likeness (QED) is 0.537. The SMILES string of the molecule is Cn1cc(-c2cnc3ccc(-c4n[nH]nc4-c4ccccc4)cc3n2)cn1. The van der Waals surface area contributed by atoms with Crippen molar-refractivity contribution in [2.45, 2.75) is 0 Å². The summed E-state index contributed by atoms with van der Waals surface area (Å²) in [5.74, 6) is 0. The number of hydrogen-bond acceptors (Lipinski definition) is 5. The van der Waals surface area contributed by atoms with E-state index in [1.165, 1.54) is 0 Å². The Labute approximate surface area is 154 Å². The molecule has 0 aliphatic rings. The van der Waals surface area contributed by atoms with Crippen LogP contribution in [0.2, 0.25) is 0 Å². The van der Waals surface area contributed by atoms with E-state index < -0.39 is 0 Å². The zero-order valence-electron chi connectivity index (χ0n) is 14.5. The second-order valence-electron chi connectivity index (χ2n) is 6.25. The third kappa shape index (κ3) is 2.75. The van der Waals surface area contributed by atoms with E-state index in [4.69, 9.17) is 4.98 Å². The molecule has 0 fully saturated rings. The molecule has 2 aromatic carbocycles. The molecule has 0 saturated carbocycles. The van der Waals surface area contributed by atoms with E-state index in [2.05, 4.69) is 25.5 Å². The molecular formula is C20H15N7. The van der Waals surface area contributed by atoms with Gasteiger partial charge < -0.3 is 0 Å². The van der Waals surface area contributed by atoms with Gasteiger partial charge >= 0.3 is 0 Å². The van der Waals surface area contributed by atoms with Crippen molar-refractivity contribution in [2.24, 2.45) is 7.05 Å². The third-order valence-electron chi connectivity index (χ3n) is 4.41. The first kappa shape index (κ1) is 15.4. The van der Waals surface area contributed by atoms with Gasteiger partial charge in [0.1, 0.15) is 11.4 Å². The van der Waals surface area contributed by atoms with Crippen LogP contribution >= 0.6 is 0 Å². The molecule has 3 aromatic heterocycles. The van der Waals surface area contributed by atoms with Crippen LogP contribution in [-0.2, 0) is 7.05 Å². The molecule has 0 unspecified atom stereocenters. The maximum Gasteiger partial charge on any atom is 0.120 e. The van der Waals surface area contributed by atoms with Crippen molar-refractivity contribution in [3.8, 4) is 33.8 Å². The number of nitrogens with one attached hydrogen (secondary N) is 1. The molecular weight excluding hydrogens is 338 g/mol. The van der Waals surface area contributed by atoms with Gasteiger partial charge in [-0.05, 0) is 12.1 Å². The standard InChI is InChI=1S/C20H15N7/c1-27-12-15(10-22-27)18-11-21-16-8-7-14(9-17(16)23-18)20-19(24-26-25-20)13-5-3-2-4-6-13/h2-12H,1H3,(H,24,25,26). The van der Waals surface area contributed by atoms with Crippen molar-refractivity contribution in [3.05, 3.63) is 67.1 Å². The summed E-state index contributed by atoms with van der Waals surface area (Å²) in [6, 6.07) is 15.9. The lowest BCUT2D eigenvalue weighted by Gasteiger charge is -2.04. The fraction of sp³-hybridized carbons (Fsp3) is 0.0500. The minimum absolute atomic E-state index is 0.788. The monoisotopic (exact) mass is 353 g/mol. The third-order valence-corrected chi connectivity index (χ3v) is 4.41. The van der Waals surface area contributed by atoms with Crippen molar-refractivity contribution in [2.75, 3.05) is 0 Å². The fourth-order valence-corrected chi connectivity index (χ4v) is 3.08. The van der Waals surface area contributed by atoms with Gasteiger partial charge in [0, 0.05) is 29.9 Å². The van der Waals surface area contributed by atoms with Crippen molar-refractivity contribution >= 4 is 11.0 Å². The molecule has 7 heteroatoms. The lowest BCUT2D eigenvalue weighted by molar-refractivity contribution is 0.768. The minimum atomic E-state index is 0.788. The van der Waals surface area contributed by atoms with Gasteiger partial charge in [-0.2, -0.15) is 20.5 Å². The molecule has 0 bridgehead atoms. The molecule has 27 heavy (non-hydrogen) atoms. The Morgan fingerprint density at radius 3 is 2.41 bits per heavy atom. The van der Waals surface area contributed by atoms with Crippen LogP contribution in [0.15, 0.2) is 67.1 Å². The summed E-state index contributed by atoms with van der Waals surface area (Å²) in [5.41, 5.74) is 6.90. The van der Waals surface area contributed by atoms with E-state index in [1.807, 2.05) is 61.8 Å². The first-order valence-electron chi connectivity index (χ1n) is 8.50. The molecule has 0 aliphatic heterocycles. The Kier molecular flexibility index (Phi) is 3.50. The molecule has 1 N–H and O–H groups in total. The fourth-order valence-electron chi connectivity index (χ4n) is 3.08. The molecule has 7 nitrogen and oxygen atoms in total. The molecule has 5 aromatic rings. The molecule has 3 heterocycles. The van der Waals surface area contributed by atoms with Crippen LogP contribution in [0.5, 0.6) is 0 Å². The average molecular weight is 353 g/mol. The number of H-pyrrole nitrogens is 1. The lowest BCUT2D eigenvalue weighted by atomic mass is 10.0. The summed E-state index contributed by atoms with van der Waals surface area (Å²) in [4.78, 5) is 9.28. The van der Waals surface area contributed by atoms with Gasteiger partial charge in [-0.15, -0.1) is 0 Å². The van der Waals surface area contributed by atoms with Crippen LogP contribution in [-0.4, -0.2) is 35.2 Å². The lowest BCUT2D eigenvalue weighted by Crippen LogP contribution is -1.90. The second-order valence-corrected chi connectivity index (χ2v) is 6.25. The zero-order valence-corrected chi connectivity index (χ0v) is 14.5. The number of nitrogens with zero attached hydrogens (tertiary/aromatic N) is 6. The van der Waals surface area contributed by atoms with Crippen LogP contribution in [0.3, 0.4) is 0 Å². The largest absolute Gasteiger partial charge is 0.275 e. The Hall–Kier alpha value is -3.87. The van der Waals surface area contributed by atoms with E-state index in [1.54, 1.807) is 17.1 Å². The van der Waals surface area contributed by atoms with Crippen molar-refractivity contribution in [1.29, 1.82) is 0 Å². The predicted octanol–water partition coefficient (Wildman–Crippen LogP) is 3.48. The molecule has 0 spiro atoms. The maximum absolute atomic E-state index is 4.76. The van der Waals surface area contributed by atoms with Gasteiger partial charge in [-0.25, -0.2) is 4.98 Å². The normalized spacial score (nSPS) is 11.1. The topological polar surface area (TPSA) is 85.2 Å². The Morgan fingerprint density at radius 1 is 0.815 bits per heavy atom. The molecule has 0 amide bonds. The maximum atomic E-state index is 4.76. The van der Waals surface area contributed by atoms with Crippen LogP contribution in [0.1, 0.15) is 0 Å². The summed E-state index contributed by atoms with van der Waals surface area (Å²) in [6.07, 6.45) is 5.47. The highest BCUT2D eigenvalue weighted by molar-refractivity contribution is 5.85. The van der Waals surface area contributed by atoms with Gasteiger partial charge in [0.2, 0.25) is 0 Å². The molecule has 5 rings (SSSR count). The summed E-state index contributed by atoms with van der Waals surface area (Å²) >= 11 is 0. The van der Waals surface area contributed by atoms with Gasteiger partial charge in [-0.1, -0.05) is 36.4 Å². The second kappa shape index (κ2) is 6.14. The van der Waals surface area contributed by atoms with E-state index in [0.717, 1.165) is 44.8 Å². The van der Waals surface area contributed by atoms with E-state index in [0.29, 0.717) is 0 Å². The van der Waals surface area contributed by atoms with Gasteiger partial charge in [0.15, 0.2) is 0 Å². The minimum Gasteiger partial charge on any atom is -0.275 e. The smallest absolute Gasteiger partial charge is 0.120 e. The number of aromatic amines is 1. The number of aromatic nitrogens is 7. The number of fused-ring (bicyclic) bond motifs is 1. The van der Waals surface area contributed by atoms with Gasteiger partial charge in [0.05, 0.1) is 29.1 Å². The van der Waals surface area contributed by atoms with Crippen LogP contribution in [0.4, 0.5) is 0 Å². The summed E-state index contributed by atoms with van der Waals surface area (Å²) in [7, 11) is 1.88. The average Bonchev–Trinajstić information content (AvgIpc) is 3.37. The highest BCUT2D eigenvalue weighted by Gasteiger charge is 2.13. The number of rotatable bonds is 3. The summed E-state index contributed by atoms with van der Waals surface area (Å²) in [5, 5.41) is 15.6. The first-order chi connectivity index (χ1) is 13.3. The van der Waals surface area contributed by atoms with Crippen molar-refractivity contribution in [1.82, 2.24) is 35.2 Å². The van der Waals surface area contributed by atoms with Gasteiger partial charge in [-0.3, -0.25) is 9.67 Å². The Balaban J connectivity index is 1.62. The van der Waals surface area contributed by atoms with Gasteiger partial charge in [0.25, 0.3) is 0 Å². The zero-order chi connectivity index (χ0) is 18.2. The Bertz CT molecular complexity index is 1240. The molecule has 0 saturated heterocycles. The summed E-state index contributed by atoms with van der Waals surface area (Å²) in [6.45, 7) is 0. The molecule has 0 atom stereocenters. The Morgan fingerprint density at radius 2 is 1.63 bits per heavy atom. The predicted molar refractivity (Wildman–Crippen MR) is 103 cm³/mol. The van der Waals surface area contributed by atoms with Crippen molar-refractivity contribution in [3.63, 3.8) is 0 Å². The van der Waals surface area contributed by atoms with E-state index in [-0.39, 0.29) is 0 Å². The number of aryl methyl sites for hydroxylation is 1. The molecule has 130 valence electrons. The van der Waals surface area contributed by atoms with Crippen LogP contribution < -0.4 is 0 Å². The number of benzene rings is 2. The highest BCUT2D eigenvalue weighted by atomic mass is 15.3. The van der Waals surface area contributed by atoms with Crippen LogP contribution in [0.25, 0.3) is 44.8 Å². The van der Waals surface area contributed by atoms with Crippen LogP contribution in [0, 0.1) is 0 Å². The van der Waals surface area contributed by atoms with E-state index in [9.17, 15) is 0 Å². The molecule has 0 radical (unpaired) electrons. The number of hydrogen-bond donors (Lipinski definition) is 1. The van der Waals surface area contributed by atoms with Crippen molar-refractivity contribution < 1.29 is 0 Å². The first-order valence-corrected chi connectivity index (χ1v) is 8.50. The molecule has 0 aliphatic carbocycles.